The second kappa shape index (κ2) is 68.1. The first-order valence-electron chi connectivity index (χ1n) is 34.6. The topological polar surface area (TPSA) is 78.9 Å². The van der Waals surface area contributed by atoms with E-state index in [0.29, 0.717) is 19.3 Å². The van der Waals surface area contributed by atoms with Crippen LogP contribution in [0.5, 0.6) is 0 Å². The third-order valence-electron chi connectivity index (χ3n) is 15.1. The highest BCUT2D eigenvalue weighted by atomic mass is 16.6. The minimum atomic E-state index is -0.790. The Morgan fingerprint density at radius 2 is 0.475 bits per heavy atom. The maximum absolute atomic E-state index is 12.9. The Morgan fingerprint density at radius 3 is 0.762 bits per heavy atom. The predicted molar refractivity (Wildman–Crippen MR) is 348 cm³/mol. The normalized spacial score (nSPS) is 12.6. The van der Waals surface area contributed by atoms with E-state index >= 15 is 0 Å². The molecule has 0 bridgehead atoms. The second-order valence-electron chi connectivity index (χ2n) is 23.1. The van der Waals surface area contributed by atoms with Crippen molar-refractivity contribution in [3.05, 3.63) is 85.1 Å². The van der Waals surface area contributed by atoms with Crippen molar-refractivity contribution in [2.75, 3.05) is 13.2 Å². The summed E-state index contributed by atoms with van der Waals surface area (Å²) >= 11 is 0. The van der Waals surface area contributed by atoms with Gasteiger partial charge in [0.15, 0.2) is 6.10 Å². The first-order chi connectivity index (χ1) is 39.5. The number of allylic oxidation sites excluding steroid dienone is 14. The van der Waals surface area contributed by atoms with E-state index in [1.54, 1.807) is 0 Å². The fourth-order valence-electron chi connectivity index (χ4n) is 9.87. The van der Waals surface area contributed by atoms with Crippen LogP contribution in [0.15, 0.2) is 85.1 Å². The molecule has 0 amide bonds. The Balaban J connectivity index is 4.16. The van der Waals surface area contributed by atoms with Gasteiger partial charge in [-0.3, -0.25) is 14.4 Å². The van der Waals surface area contributed by atoms with E-state index in [1.807, 2.05) is 0 Å². The molecule has 80 heavy (non-hydrogen) atoms. The van der Waals surface area contributed by atoms with E-state index in [9.17, 15) is 14.4 Å². The van der Waals surface area contributed by atoms with Crippen LogP contribution in [0.4, 0.5) is 0 Å². The van der Waals surface area contributed by atoms with Crippen LogP contribution in [0.3, 0.4) is 0 Å². The number of ether oxygens (including phenoxy) is 3. The van der Waals surface area contributed by atoms with Crippen molar-refractivity contribution >= 4 is 17.9 Å². The zero-order chi connectivity index (χ0) is 57.8. The molecule has 0 aliphatic carbocycles. The molecule has 0 radical (unpaired) electrons. The molecule has 0 saturated heterocycles. The summed E-state index contributed by atoms with van der Waals surface area (Å²) in [5.41, 5.74) is 0. The number of hydrogen-bond donors (Lipinski definition) is 0. The Kier molecular flexibility index (Phi) is 65.2. The van der Waals surface area contributed by atoms with Crippen LogP contribution in [-0.2, 0) is 28.6 Å². The molecular formula is C74H130O6. The maximum Gasteiger partial charge on any atom is 0.306 e. The number of carbonyl (C=O) groups is 3. The zero-order valence-corrected chi connectivity index (χ0v) is 53.1. The lowest BCUT2D eigenvalue weighted by molar-refractivity contribution is -0.167. The largest absolute Gasteiger partial charge is 0.462 e. The van der Waals surface area contributed by atoms with Crippen molar-refractivity contribution in [3.63, 3.8) is 0 Å². The van der Waals surface area contributed by atoms with Gasteiger partial charge in [0, 0.05) is 19.3 Å². The zero-order valence-electron chi connectivity index (χ0n) is 53.1. The second-order valence-corrected chi connectivity index (χ2v) is 23.1. The standard InChI is InChI=1S/C74H130O6/c1-4-7-10-13-16-19-22-25-27-29-30-31-32-33-34-35-36-37-38-39-40-41-42-43-44-45-47-49-52-55-58-61-64-67-73(76)79-70-71(69-78-72(75)66-63-60-57-54-51-48-24-21-18-15-12-9-6-3)80-74(77)68-65-62-59-56-53-50-46-28-26-23-20-17-14-11-8-5-2/h12,15,20-25,28-30,32-33,46,71H,4-11,13-14,16-19,26-27,31,34-45,47-70H2,1-3H3/b15-12-,23-20-,24-21-,25-22-,30-29-,33-32-,46-28-. The molecule has 0 fully saturated rings. The Morgan fingerprint density at radius 1 is 0.250 bits per heavy atom. The number of hydrogen-bond acceptors (Lipinski definition) is 6. The summed E-state index contributed by atoms with van der Waals surface area (Å²) in [4.78, 5) is 38.3. The maximum atomic E-state index is 12.9. The van der Waals surface area contributed by atoms with E-state index < -0.39 is 6.10 Å². The smallest absolute Gasteiger partial charge is 0.306 e. The molecule has 0 heterocycles. The van der Waals surface area contributed by atoms with Crippen LogP contribution in [0, 0.1) is 0 Å². The molecule has 1 atom stereocenters. The van der Waals surface area contributed by atoms with Crippen molar-refractivity contribution in [1.82, 2.24) is 0 Å². The van der Waals surface area contributed by atoms with Gasteiger partial charge in [0.05, 0.1) is 0 Å². The lowest BCUT2D eigenvalue weighted by Gasteiger charge is -2.18. The van der Waals surface area contributed by atoms with Gasteiger partial charge in [-0.2, -0.15) is 0 Å². The Bertz CT molecular complexity index is 1520. The van der Waals surface area contributed by atoms with Gasteiger partial charge in [-0.1, -0.05) is 298 Å². The van der Waals surface area contributed by atoms with Crippen molar-refractivity contribution < 1.29 is 28.6 Å². The highest BCUT2D eigenvalue weighted by Crippen LogP contribution is 2.17. The van der Waals surface area contributed by atoms with Crippen molar-refractivity contribution in [2.24, 2.45) is 0 Å². The fourth-order valence-corrected chi connectivity index (χ4v) is 9.87. The van der Waals surface area contributed by atoms with Crippen LogP contribution in [0.1, 0.15) is 348 Å². The molecule has 0 aromatic carbocycles. The summed E-state index contributed by atoms with van der Waals surface area (Å²) in [6.07, 6.45) is 90.4. The highest BCUT2D eigenvalue weighted by Gasteiger charge is 2.19. The number of unbranched alkanes of at least 4 members (excludes halogenated alkanes) is 38. The van der Waals surface area contributed by atoms with Gasteiger partial charge in [-0.25, -0.2) is 0 Å². The predicted octanol–water partition coefficient (Wildman–Crippen LogP) is 23.8. The summed E-state index contributed by atoms with van der Waals surface area (Å²) in [7, 11) is 0. The molecule has 0 spiro atoms. The molecule has 0 aromatic rings. The summed E-state index contributed by atoms with van der Waals surface area (Å²) in [6.45, 7) is 6.56. The van der Waals surface area contributed by atoms with Gasteiger partial charge in [0.2, 0.25) is 0 Å². The van der Waals surface area contributed by atoms with Gasteiger partial charge in [-0.15, -0.1) is 0 Å². The van der Waals surface area contributed by atoms with Crippen LogP contribution < -0.4 is 0 Å². The first-order valence-corrected chi connectivity index (χ1v) is 34.6. The average Bonchev–Trinajstić information content (AvgIpc) is 3.46. The van der Waals surface area contributed by atoms with E-state index in [-0.39, 0.29) is 31.1 Å². The number of rotatable bonds is 63. The summed E-state index contributed by atoms with van der Waals surface area (Å²) in [6, 6.07) is 0. The average molecular weight is 1120 g/mol. The van der Waals surface area contributed by atoms with Crippen molar-refractivity contribution in [3.8, 4) is 0 Å². The fraction of sp³-hybridized carbons (Fsp3) is 0.770. The van der Waals surface area contributed by atoms with E-state index in [2.05, 4.69) is 106 Å². The first kappa shape index (κ1) is 76.6. The van der Waals surface area contributed by atoms with Crippen LogP contribution in [0.2, 0.25) is 0 Å². The third kappa shape index (κ3) is 65.4. The van der Waals surface area contributed by atoms with Crippen molar-refractivity contribution in [1.29, 1.82) is 0 Å². The molecule has 0 aromatic heterocycles. The summed E-state index contributed by atoms with van der Waals surface area (Å²) < 4.78 is 16.9. The molecule has 462 valence electrons. The molecule has 0 aliphatic heterocycles. The van der Waals surface area contributed by atoms with E-state index in [0.717, 1.165) is 128 Å². The third-order valence-corrected chi connectivity index (χ3v) is 15.1. The number of carbonyl (C=O) groups excluding carboxylic acids is 3. The van der Waals surface area contributed by atoms with Gasteiger partial charge >= 0.3 is 17.9 Å². The number of esters is 3. The van der Waals surface area contributed by atoms with Crippen LogP contribution >= 0.6 is 0 Å². The van der Waals surface area contributed by atoms with Gasteiger partial charge in [-0.05, 0) is 116 Å². The Hall–Kier alpha value is -3.41. The summed E-state index contributed by atoms with van der Waals surface area (Å²) in [5, 5.41) is 0. The molecule has 0 aliphatic rings. The molecule has 0 rings (SSSR count). The summed E-state index contributed by atoms with van der Waals surface area (Å²) in [5.74, 6) is -0.899. The van der Waals surface area contributed by atoms with E-state index in [1.165, 1.54) is 180 Å². The monoisotopic (exact) mass is 1110 g/mol. The molecule has 0 N–H and O–H groups in total. The molecule has 0 saturated carbocycles. The molecule has 6 heteroatoms. The van der Waals surface area contributed by atoms with E-state index in [4.69, 9.17) is 14.2 Å². The molecule has 6 nitrogen and oxygen atoms in total. The highest BCUT2D eigenvalue weighted by molar-refractivity contribution is 5.71. The quantitative estimate of drug-likeness (QED) is 0.0261. The van der Waals surface area contributed by atoms with Gasteiger partial charge in [0.1, 0.15) is 13.2 Å². The molecule has 1 unspecified atom stereocenters. The lowest BCUT2D eigenvalue weighted by Crippen LogP contribution is -2.30. The van der Waals surface area contributed by atoms with Crippen LogP contribution in [-0.4, -0.2) is 37.2 Å². The van der Waals surface area contributed by atoms with Crippen molar-refractivity contribution in [2.45, 2.75) is 354 Å². The minimum absolute atomic E-state index is 0.0842. The lowest BCUT2D eigenvalue weighted by atomic mass is 10.0. The van der Waals surface area contributed by atoms with Gasteiger partial charge in [0.25, 0.3) is 0 Å². The minimum Gasteiger partial charge on any atom is -0.462 e. The SMILES string of the molecule is CCC/C=C\C/C=C\CCCCCCCC(=O)OCC(COC(=O)CCCCCCCCCCCCCCCCCCCC/C=C\C/C=C\C/C=C\CCCCCCC)OC(=O)CCCCCCC/C=C\C/C=C\CCCCCC. The van der Waals surface area contributed by atoms with Gasteiger partial charge < -0.3 is 14.2 Å². The Labute approximate surface area is 496 Å². The van der Waals surface area contributed by atoms with Crippen LogP contribution in [0.25, 0.3) is 0 Å². The molecular weight excluding hydrogens is 985 g/mol.